The van der Waals surface area contributed by atoms with E-state index in [-0.39, 0.29) is 5.91 Å². The van der Waals surface area contributed by atoms with Gasteiger partial charge in [0.15, 0.2) is 0 Å². The van der Waals surface area contributed by atoms with Gasteiger partial charge in [0.25, 0.3) is 0 Å². The number of hydrogen-bond acceptors (Lipinski definition) is 3. The fourth-order valence-corrected chi connectivity index (χ4v) is 3.62. The third-order valence-corrected chi connectivity index (χ3v) is 5.57. The molecule has 0 fully saturated rings. The summed E-state index contributed by atoms with van der Waals surface area (Å²) in [5, 5.41) is 3.98. The van der Waals surface area contributed by atoms with Crippen LogP contribution in [0.25, 0.3) is 0 Å². The summed E-state index contributed by atoms with van der Waals surface area (Å²) in [5.74, 6) is 0.207. The zero-order chi connectivity index (χ0) is 16.8. The molecule has 0 atom stereocenters. The second kappa shape index (κ2) is 8.66. The number of amides is 1. The van der Waals surface area contributed by atoms with Crippen LogP contribution in [-0.4, -0.2) is 17.9 Å². The minimum absolute atomic E-state index is 0.124. The molecule has 0 unspecified atom stereocenters. The van der Waals surface area contributed by atoms with Gasteiger partial charge in [-0.25, -0.2) is 5.43 Å². The lowest BCUT2D eigenvalue weighted by molar-refractivity contribution is -0.118. The van der Waals surface area contributed by atoms with Gasteiger partial charge in [-0.05, 0) is 54.8 Å². The first-order valence-corrected chi connectivity index (χ1v) is 9.50. The summed E-state index contributed by atoms with van der Waals surface area (Å²) >= 11 is 8.42. The summed E-state index contributed by atoms with van der Waals surface area (Å²) in [6.07, 6.45) is 1.63. The third-order valence-electron chi connectivity index (χ3n) is 3.07. The van der Waals surface area contributed by atoms with Gasteiger partial charge >= 0.3 is 0 Å². The number of benzene rings is 2. The molecule has 2 aromatic rings. The Balaban J connectivity index is 1.87. The van der Waals surface area contributed by atoms with E-state index in [4.69, 9.17) is 0 Å². The molecule has 3 nitrogen and oxygen atoms in total. The molecule has 2 aromatic carbocycles. The predicted molar refractivity (Wildman–Crippen MR) is 104 cm³/mol. The molecule has 0 aromatic heterocycles. The van der Waals surface area contributed by atoms with E-state index in [2.05, 4.69) is 54.5 Å². The highest BCUT2D eigenvalue weighted by Crippen LogP contribution is 2.28. The second-order valence-corrected chi connectivity index (χ2v) is 7.79. The van der Waals surface area contributed by atoms with Crippen LogP contribution in [0.5, 0.6) is 0 Å². The van der Waals surface area contributed by atoms with Crippen molar-refractivity contribution >= 4 is 55.7 Å². The van der Waals surface area contributed by atoms with Crippen molar-refractivity contribution in [2.24, 2.45) is 5.10 Å². The Kier molecular flexibility index (Phi) is 6.87. The molecular weight excluding hydrogens is 440 g/mol. The molecule has 6 heteroatoms. The second-order valence-electron chi connectivity index (χ2n) is 5.00. The largest absolute Gasteiger partial charge is 0.272 e. The lowest BCUT2D eigenvalue weighted by atomic mass is 10.2. The van der Waals surface area contributed by atoms with E-state index in [9.17, 15) is 4.79 Å². The molecule has 0 aliphatic rings. The van der Waals surface area contributed by atoms with Gasteiger partial charge in [-0.15, -0.1) is 11.8 Å². The molecule has 2 rings (SSSR count). The summed E-state index contributed by atoms with van der Waals surface area (Å²) in [6, 6.07) is 11.9. The molecular formula is C17H16Br2N2OS. The van der Waals surface area contributed by atoms with E-state index in [0.717, 1.165) is 30.5 Å². The topological polar surface area (TPSA) is 41.5 Å². The maximum atomic E-state index is 11.9. The lowest BCUT2D eigenvalue weighted by Crippen LogP contribution is -2.19. The first kappa shape index (κ1) is 18.2. The highest BCUT2D eigenvalue weighted by molar-refractivity contribution is 9.10. The van der Waals surface area contributed by atoms with Gasteiger partial charge < -0.3 is 0 Å². The van der Waals surface area contributed by atoms with Gasteiger partial charge in [0.1, 0.15) is 0 Å². The van der Waals surface area contributed by atoms with Gasteiger partial charge in [0.2, 0.25) is 5.91 Å². The van der Waals surface area contributed by atoms with Crippen LogP contribution >= 0.6 is 43.6 Å². The number of carbonyl (C=O) groups is 1. The summed E-state index contributed by atoms with van der Waals surface area (Å²) in [7, 11) is 0. The van der Waals surface area contributed by atoms with Gasteiger partial charge in [-0.2, -0.15) is 5.10 Å². The van der Waals surface area contributed by atoms with Crippen molar-refractivity contribution in [1.82, 2.24) is 5.43 Å². The van der Waals surface area contributed by atoms with E-state index in [0.29, 0.717) is 5.75 Å². The summed E-state index contributed by atoms with van der Waals surface area (Å²) in [4.78, 5) is 13.0. The van der Waals surface area contributed by atoms with E-state index in [1.54, 1.807) is 6.21 Å². The van der Waals surface area contributed by atoms with E-state index < -0.39 is 0 Å². The number of hydrogen-bond donors (Lipinski definition) is 1. The van der Waals surface area contributed by atoms with Crippen molar-refractivity contribution < 1.29 is 4.79 Å². The van der Waals surface area contributed by atoms with Gasteiger partial charge in [0, 0.05) is 13.8 Å². The van der Waals surface area contributed by atoms with E-state index in [1.165, 1.54) is 11.8 Å². The summed E-state index contributed by atoms with van der Waals surface area (Å²) in [5.41, 5.74) is 5.78. The molecule has 0 bridgehead atoms. The molecule has 0 heterocycles. The van der Waals surface area contributed by atoms with Crippen LogP contribution in [0.15, 0.2) is 55.3 Å². The average molecular weight is 456 g/mol. The Morgan fingerprint density at radius 1 is 1.22 bits per heavy atom. The minimum Gasteiger partial charge on any atom is -0.272 e. The minimum atomic E-state index is -0.124. The predicted octanol–water partition coefficient (Wildman–Crippen LogP) is 5.07. The number of aryl methyl sites for hydroxylation is 2. The smallest absolute Gasteiger partial charge is 0.250 e. The molecule has 0 radical (unpaired) electrons. The number of carbonyl (C=O) groups excluding carboxylic acids is 1. The Morgan fingerprint density at radius 3 is 2.74 bits per heavy atom. The molecule has 0 saturated carbocycles. The zero-order valence-electron chi connectivity index (χ0n) is 12.8. The molecule has 0 saturated heterocycles. The monoisotopic (exact) mass is 454 g/mol. The van der Waals surface area contributed by atoms with Crippen molar-refractivity contribution in [2.75, 3.05) is 5.75 Å². The Labute approximate surface area is 157 Å². The average Bonchev–Trinajstić information content (AvgIpc) is 2.50. The van der Waals surface area contributed by atoms with Crippen LogP contribution in [0.1, 0.15) is 16.7 Å². The van der Waals surface area contributed by atoms with Crippen LogP contribution < -0.4 is 5.43 Å². The highest BCUT2D eigenvalue weighted by atomic mass is 79.9. The van der Waals surface area contributed by atoms with Crippen LogP contribution in [0.3, 0.4) is 0 Å². The van der Waals surface area contributed by atoms with Crippen LogP contribution in [-0.2, 0) is 4.79 Å². The van der Waals surface area contributed by atoms with Crippen molar-refractivity contribution in [2.45, 2.75) is 18.7 Å². The number of thioether (sulfide) groups is 1. The van der Waals surface area contributed by atoms with E-state index >= 15 is 0 Å². The standard InChI is InChI=1S/C17H16Br2N2OS/c1-11-7-16(12(2)6-15(11)19)23-10-17(22)21-20-9-13-4-3-5-14(18)8-13/h3-9H,10H2,1-2H3,(H,21,22)/b20-9-. The number of halogens is 2. The number of nitrogens with one attached hydrogen (secondary N) is 1. The Bertz CT molecular complexity index is 747. The van der Waals surface area contributed by atoms with E-state index in [1.807, 2.05) is 38.1 Å². The zero-order valence-corrected chi connectivity index (χ0v) is 16.8. The fraction of sp³-hybridized carbons (Fsp3) is 0.176. The molecule has 120 valence electrons. The van der Waals surface area contributed by atoms with Crippen molar-refractivity contribution in [3.05, 3.63) is 62.0 Å². The summed E-state index contributed by atoms with van der Waals surface area (Å²) in [6.45, 7) is 4.08. The Hall–Kier alpha value is -1.11. The van der Waals surface area contributed by atoms with Crippen LogP contribution in [0.2, 0.25) is 0 Å². The fourth-order valence-electron chi connectivity index (χ4n) is 1.85. The number of rotatable bonds is 5. The first-order chi connectivity index (χ1) is 11.0. The van der Waals surface area contributed by atoms with Crippen LogP contribution in [0.4, 0.5) is 0 Å². The first-order valence-electron chi connectivity index (χ1n) is 6.92. The Morgan fingerprint density at radius 2 is 2.00 bits per heavy atom. The van der Waals surface area contributed by atoms with Gasteiger partial charge in [0.05, 0.1) is 12.0 Å². The van der Waals surface area contributed by atoms with Crippen molar-refractivity contribution in [3.8, 4) is 0 Å². The lowest BCUT2D eigenvalue weighted by Gasteiger charge is -2.08. The maximum absolute atomic E-state index is 11.9. The number of hydrazone groups is 1. The SMILES string of the molecule is Cc1cc(SCC(=O)N/N=C\c2cccc(Br)c2)c(C)cc1Br. The molecule has 0 aliphatic carbocycles. The molecule has 0 spiro atoms. The molecule has 1 amide bonds. The van der Waals surface area contributed by atoms with Crippen LogP contribution in [0, 0.1) is 13.8 Å². The van der Waals surface area contributed by atoms with Gasteiger partial charge in [-0.1, -0.05) is 44.0 Å². The highest BCUT2D eigenvalue weighted by Gasteiger charge is 2.06. The summed E-state index contributed by atoms with van der Waals surface area (Å²) < 4.78 is 2.06. The van der Waals surface area contributed by atoms with Gasteiger partial charge in [-0.3, -0.25) is 4.79 Å². The van der Waals surface area contributed by atoms with Crippen molar-refractivity contribution in [1.29, 1.82) is 0 Å². The van der Waals surface area contributed by atoms with Crippen molar-refractivity contribution in [3.63, 3.8) is 0 Å². The normalized spacial score (nSPS) is 11.0. The quantitative estimate of drug-likeness (QED) is 0.388. The third kappa shape index (κ3) is 5.79. The molecule has 1 N–H and O–H groups in total. The molecule has 0 aliphatic heterocycles. The molecule has 23 heavy (non-hydrogen) atoms. The maximum Gasteiger partial charge on any atom is 0.250 e. The number of nitrogens with zero attached hydrogens (tertiary/aromatic N) is 1.